The molecule has 1 N–H and O–H groups in total. The van der Waals surface area contributed by atoms with E-state index < -0.39 is 0 Å². The van der Waals surface area contributed by atoms with Gasteiger partial charge in [-0.05, 0) is 37.6 Å². The minimum atomic E-state index is -0.341. The molecule has 20 heavy (non-hydrogen) atoms. The number of hydrogen-bond acceptors (Lipinski definition) is 2. The Kier molecular flexibility index (Phi) is 4.37. The summed E-state index contributed by atoms with van der Waals surface area (Å²) >= 11 is 0. The normalized spacial score (nSPS) is 20.1. The molecule has 1 aliphatic rings. The van der Waals surface area contributed by atoms with Gasteiger partial charge in [0.15, 0.2) is 0 Å². The van der Waals surface area contributed by atoms with Gasteiger partial charge in [0, 0.05) is 24.7 Å². The lowest BCUT2D eigenvalue weighted by Crippen LogP contribution is -2.38. The molecule has 0 unspecified atom stereocenters. The average Bonchev–Trinajstić information content (AvgIpc) is 2.81. The molecule has 1 aromatic rings. The van der Waals surface area contributed by atoms with Crippen LogP contribution in [0.3, 0.4) is 0 Å². The van der Waals surface area contributed by atoms with Crippen LogP contribution in [-0.2, 0) is 9.59 Å². The molecule has 0 bridgehead atoms. The Morgan fingerprint density at radius 1 is 1.45 bits per heavy atom. The molecule has 0 saturated carbocycles. The molecule has 4 nitrogen and oxygen atoms in total. The zero-order valence-electron chi connectivity index (χ0n) is 11.7. The third-order valence-electron chi connectivity index (χ3n) is 3.64. The Balaban J connectivity index is 2.03. The number of benzene rings is 1. The highest BCUT2D eigenvalue weighted by Gasteiger charge is 2.35. The van der Waals surface area contributed by atoms with Crippen LogP contribution in [0.2, 0.25) is 0 Å². The molecule has 2 atom stereocenters. The smallest absolute Gasteiger partial charge is 0.227 e. The van der Waals surface area contributed by atoms with E-state index in [1.165, 1.54) is 12.1 Å². The fourth-order valence-electron chi connectivity index (χ4n) is 2.22. The number of nitrogens with one attached hydrogen (secondary N) is 1. The van der Waals surface area contributed by atoms with Gasteiger partial charge in [0.05, 0.1) is 5.92 Å². The third kappa shape index (κ3) is 3.15. The van der Waals surface area contributed by atoms with Crippen LogP contribution >= 0.6 is 0 Å². The summed E-state index contributed by atoms with van der Waals surface area (Å²) in [6.45, 7) is 4.29. The second-order valence-corrected chi connectivity index (χ2v) is 5.20. The first-order valence-electron chi connectivity index (χ1n) is 6.87. The number of hydrogen-bond donors (Lipinski definition) is 1. The highest BCUT2D eigenvalue weighted by molar-refractivity contribution is 6.00. The highest BCUT2D eigenvalue weighted by Crippen LogP contribution is 2.25. The second kappa shape index (κ2) is 6.03. The van der Waals surface area contributed by atoms with E-state index in [4.69, 9.17) is 0 Å². The molecule has 0 aromatic heterocycles. The van der Waals surface area contributed by atoms with Gasteiger partial charge in [-0.15, -0.1) is 0 Å². The van der Waals surface area contributed by atoms with Crippen LogP contribution < -0.4 is 10.2 Å². The first-order chi connectivity index (χ1) is 9.51. The van der Waals surface area contributed by atoms with Crippen LogP contribution in [0, 0.1) is 11.7 Å². The fourth-order valence-corrected chi connectivity index (χ4v) is 2.22. The van der Waals surface area contributed by atoms with Crippen LogP contribution in [-0.4, -0.2) is 24.4 Å². The maximum Gasteiger partial charge on any atom is 0.227 e. The van der Waals surface area contributed by atoms with E-state index in [2.05, 4.69) is 5.32 Å². The second-order valence-electron chi connectivity index (χ2n) is 5.20. The van der Waals surface area contributed by atoms with Crippen molar-refractivity contribution in [2.45, 2.75) is 32.7 Å². The van der Waals surface area contributed by atoms with Crippen molar-refractivity contribution in [1.82, 2.24) is 5.32 Å². The molecular weight excluding hydrogens is 259 g/mol. The van der Waals surface area contributed by atoms with Gasteiger partial charge in [-0.2, -0.15) is 0 Å². The van der Waals surface area contributed by atoms with Crippen molar-refractivity contribution in [3.8, 4) is 0 Å². The van der Waals surface area contributed by atoms with Crippen molar-refractivity contribution in [2.24, 2.45) is 5.92 Å². The molecule has 1 heterocycles. The number of halogens is 1. The topological polar surface area (TPSA) is 49.4 Å². The Bertz CT molecular complexity index is 501. The molecular formula is C15H19FN2O2. The fraction of sp³-hybridized carbons (Fsp3) is 0.467. The maximum absolute atomic E-state index is 12.9. The molecule has 0 radical (unpaired) electrons. The van der Waals surface area contributed by atoms with Crippen molar-refractivity contribution in [3.63, 3.8) is 0 Å². The van der Waals surface area contributed by atoms with Crippen LogP contribution in [0.5, 0.6) is 0 Å². The standard InChI is InChI=1S/C15H19FN2O2/c1-3-10(2)17-15(20)11-8-14(19)18(9-11)13-6-4-12(16)5-7-13/h4-7,10-11H,3,8-9H2,1-2H3,(H,17,20)/t10-,11-/m1/s1. The van der Waals surface area contributed by atoms with Crippen LogP contribution in [0.4, 0.5) is 10.1 Å². The van der Waals surface area contributed by atoms with E-state index in [1.54, 1.807) is 17.0 Å². The Hall–Kier alpha value is -1.91. The summed E-state index contributed by atoms with van der Waals surface area (Å²) in [5.74, 6) is -0.855. The van der Waals surface area contributed by atoms with Gasteiger partial charge in [0.25, 0.3) is 0 Å². The Morgan fingerprint density at radius 2 is 2.10 bits per heavy atom. The van der Waals surface area contributed by atoms with Crippen molar-refractivity contribution < 1.29 is 14.0 Å². The van der Waals surface area contributed by atoms with Crippen molar-refractivity contribution in [1.29, 1.82) is 0 Å². The quantitative estimate of drug-likeness (QED) is 0.917. The summed E-state index contributed by atoms with van der Waals surface area (Å²) in [4.78, 5) is 25.6. The van der Waals surface area contributed by atoms with E-state index in [0.29, 0.717) is 12.2 Å². The van der Waals surface area contributed by atoms with E-state index in [9.17, 15) is 14.0 Å². The zero-order chi connectivity index (χ0) is 14.7. The lowest BCUT2D eigenvalue weighted by atomic mass is 10.1. The number of anilines is 1. The molecule has 1 aliphatic heterocycles. The molecule has 2 amide bonds. The summed E-state index contributed by atoms with van der Waals surface area (Å²) in [7, 11) is 0. The predicted molar refractivity (Wildman–Crippen MR) is 74.8 cm³/mol. The minimum Gasteiger partial charge on any atom is -0.353 e. The first-order valence-corrected chi connectivity index (χ1v) is 6.87. The summed E-state index contributed by atoms with van der Waals surface area (Å²) < 4.78 is 12.9. The van der Waals surface area contributed by atoms with Gasteiger partial charge in [-0.25, -0.2) is 4.39 Å². The molecule has 1 fully saturated rings. The third-order valence-corrected chi connectivity index (χ3v) is 3.64. The van der Waals surface area contributed by atoms with E-state index in [1.807, 2.05) is 13.8 Å². The monoisotopic (exact) mass is 278 g/mol. The average molecular weight is 278 g/mol. The van der Waals surface area contributed by atoms with Crippen molar-refractivity contribution in [3.05, 3.63) is 30.1 Å². The molecule has 0 aliphatic carbocycles. The molecule has 108 valence electrons. The van der Waals surface area contributed by atoms with Crippen LogP contribution in [0.15, 0.2) is 24.3 Å². The summed E-state index contributed by atoms with van der Waals surface area (Å²) in [5, 5.41) is 2.90. The number of nitrogens with zero attached hydrogens (tertiary/aromatic N) is 1. The summed E-state index contributed by atoms with van der Waals surface area (Å²) in [5.41, 5.74) is 0.634. The van der Waals surface area contributed by atoms with Gasteiger partial charge < -0.3 is 10.2 Å². The molecule has 0 spiro atoms. The van der Waals surface area contributed by atoms with Crippen molar-refractivity contribution in [2.75, 3.05) is 11.4 Å². The van der Waals surface area contributed by atoms with Crippen LogP contribution in [0.1, 0.15) is 26.7 Å². The van der Waals surface area contributed by atoms with Gasteiger partial charge in [-0.3, -0.25) is 9.59 Å². The first kappa shape index (κ1) is 14.5. The number of amides is 2. The number of carbonyl (C=O) groups excluding carboxylic acids is 2. The molecule has 1 aromatic carbocycles. The van der Waals surface area contributed by atoms with Crippen molar-refractivity contribution >= 4 is 17.5 Å². The minimum absolute atomic E-state index is 0.0858. The summed E-state index contributed by atoms with van der Waals surface area (Å²) in [6.07, 6.45) is 1.06. The predicted octanol–water partition coefficient (Wildman–Crippen LogP) is 2.09. The van der Waals surface area contributed by atoms with Gasteiger partial charge in [-0.1, -0.05) is 6.92 Å². The number of carbonyl (C=O) groups is 2. The van der Waals surface area contributed by atoms with Gasteiger partial charge in [0.1, 0.15) is 5.82 Å². The van der Waals surface area contributed by atoms with Crippen LogP contribution in [0.25, 0.3) is 0 Å². The zero-order valence-corrected chi connectivity index (χ0v) is 11.7. The van der Waals surface area contributed by atoms with E-state index >= 15 is 0 Å². The largest absolute Gasteiger partial charge is 0.353 e. The molecule has 1 saturated heterocycles. The van der Waals surface area contributed by atoms with Gasteiger partial charge >= 0.3 is 0 Å². The van der Waals surface area contributed by atoms with Gasteiger partial charge in [0.2, 0.25) is 11.8 Å². The molecule has 2 rings (SSSR count). The Labute approximate surface area is 118 Å². The number of rotatable bonds is 4. The maximum atomic E-state index is 12.9. The Morgan fingerprint density at radius 3 is 2.70 bits per heavy atom. The lowest BCUT2D eigenvalue weighted by Gasteiger charge is -2.18. The van der Waals surface area contributed by atoms with E-state index in [0.717, 1.165) is 6.42 Å². The summed E-state index contributed by atoms with van der Waals surface area (Å²) in [6, 6.07) is 5.85. The van der Waals surface area contributed by atoms with E-state index in [-0.39, 0.29) is 36.0 Å². The highest BCUT2D eigenvalue weighted by atomic mass is 19.1. The SMILES string of the molecule is CC[C@@H](C)NC(=O)[C@@H]1CC(=O)N(c2ccc(F)cc2)C1. The lowest BCUT2D eigenvalue weighted by molar-refractivity contribution is -0.126. The molecule has 5 heteroatoms.